The molecule has 1 aromatic heterocycles. The van der Waals surface area contributed by atoms with Crippen molar-refractivity contribution in [2.24, 2.45) is 0 Å². The van der Waals surface area contributed by atoms with Gasteiger partial charge in [-0.05, 0) is 12.8 Å². The third-order valence-corrected chi connectivity index (χ3v) is 3.13. The van der Waals surface area contributed by atoms with Gasteiger partial charge < -0.3 is 4.74 Å². The van der Waals surface area contributed by atoms with Gasteiger partial charge in [0.2, 0.25) is 0 Å². The van der Waals surface area contributed by atoms with E-state index < -0.39 is 0 Å². The zero-order valence-corrected chi connectivity index (χ0v) is 9.90. The fourth-order valence-electron chi connectivity index (χ4n) is 2.38. The van der Waals surface area contributed by atoms with Crippen LogP contribution in [0.3, 0.4) is 0 Å². The number of methoxy groups -OCH3 is 1. The molecule has 1 unspecified atom stereocenters. The smallest absolute Gasteiger partial charge is 0.160 e. The van der Waals surface area contributed by atoms with E-state index in [2.05, 4.69) is 12.0 Å². The van der Waals surface area contributed by atoms with Crippen molar-refractivity contribution in [1.82, 2.24) is 9.78 Å². The molecule has 2 rings (SSSR count). The summed E-state index contributed by atoms with van der Waals surface area (Å²) in [4.78, 5) is 11.3. The molecule has 0 aromatic carbocycles. The third-order valence-electron chi connectivity index (χ3n) is 3.13. The number of Topliss-reactive ketones (excluding diaryl/α,β-unsaturated/α-hetero) is 1. The van der Waals surface area contributed by atoms with E-state index >= 15 is 0 Å². The minimum absolute atomic E-state index is 0.302. The van der Waals surface area contributed by atoms with E-state index in [4.69, 9.17) is 4.74 Å². The van der Waals surface area contributed by atoms with Crippen molar-refractivity contribution < 1.29 is 9.53 Å². The highest BCUT2D eigenvalue weighted by atomic mass is 16.5. The molecule has 0 radical (unpaired) electrons. The molecule has 4 heteroatoms. The molecule has 0 saturated heterocycles. The Bertz CT molecular complexity index is 384. The van der Waals surface area contributed by atoms with Crippen molar-refractivity contribution in [1.29, 1.82) is 0 Å². The molecule has 1 aliphatic rings. The lowest BCUT2D eigenvalue weighted by Gasteiger charge is -2.13. The van der Waals surface area contributed by atoms with Crippen LogP contribution in [0.5, 0.6) is 5.75 Å². The van der Waals surface area contributed by atoms with Crippen molar-refractivity contribution in [3.63, 3.8) is 0 Å². The van der Waals surface area contributed by atoms with Crippen molar-refractivity contribution in [3.8, 4) is 5.75 Å². The molecule has 1 aliphatic carbocycles. The molecule has 0 spiro atoms. The SMILES string of the molecule is CCCn1ncc(OC)c1C1CCC(=O)C1. The summed E-state index contributed by atoms with van der Waals surface area (Å²) in [6, 6.07) is 0. The highest BCUT2D eigenvalue weighted by Crippen LogP contribution is 2.37. The van der Waals surface area contributed by atoms with Gasteiger partial charge >= 0.3 is 0 Å². The molecule has 0 bridgehead atoms. The maximum absolute atomic E-state index is 11.3. The van der Waals surface area contributed by atoms with E-state index in [0.29, 0.717) is 24.5 Å². The number of carbonyl (C=O) groups excluding carboxylic acids is 1. The van der Waals surface area contributed by atoms with Crippen molar-refractivity contribution in [2.45, 2.75) is 45.1 Å². The number of hydrogen-bond donors (Lipinski definition) is 0. The second-order valence-electron chi connectivity index (χ2n) is 4.30. The minimum atomic E-state index is 0.302. The van der Waals surface area contributed by atoms with Crippen LogP contribution in [0.2, 0.25) is 0 Å². The Morgan fingerprint density at radius 3 is 3.00 bits per heavy atom. The largest absolute Gasteiger partial charge is 0.493 e. The maximum Gasteiger partial charge on any atom is 0.160 e. The fourth-order valence-corrected chi connectivity index (χ4v) is 2.38. The first-order valence-corrected chi connectivity index (χ1v) is 5.87. The third kappa shape index (κ3) is 1.96. The molecule has 0 amide bonds. The molecule has 1 aromatic rings. The molecule has 1 atom stereocenters. The molecule has 1 fully saturated rings. The number of aryl methyl sites for hydroxylation is 1. The van der Waals surface area contributed by atoms with Gasteiger partial charge in [0.1, 0.15) is 5.78 Å². The summed E-state index contributed by atoms with van der Waals surface area (Å²) in [5, 5.41) is 4.33. The van der Waals surface area contributed by atoms with Crippen LogP contribution in [0.25, 0.3) is 0 Å². The predicted octanol–water partition coefficient (Wildman–Crippen LogP) is 2.14. The quantitative estimate of drug-likeness (QED) is 0.784. The number of aromatic nitrogens is 2. The molecule has 0 aliphatic heterocycles. The average molecular weight is 222 g/mol. The number of hydrogen-bond acceptors (Lipinski definition) is 3. The van der Waals surface area contributed by atoms with E-state index in [1.807, 2.05) is 4.68 Å². The van der Waals surface area contributed by atoms with Crippen LogP contribution in [0.15, 0.2) is 6.20 Å². The van der Waals surface area contributed by atoms with Crippen LogP contribution < -0.4 is 4.74 Å². The highest BCUT2D eigenvalue weighted by Gasteiger charge is 2.29. The maximum atomic E-state index is 11.3. The molecule has 4 nitrogen and oxygen atoms in total. The van der Waals surface area contributed by atoms with Crippen LogP contribution >= 0.6 is 0 Å². The Balaban J connectivity index is 2.28. The Morgan fingerprint density at radius 1 is 1.62 bits per heavy atom. The molecule has 88 valence electrons. The van der Waals surface area contributed by atoms with Crippen LogP contribution in [-0.4, -0.2) is 22.7 Å². The van der Waals surface area contributed by atoms with Gasteiger partial charge in [0.25, 0.3) is 0 Å². The van der Waals surface area contributed by atoms with E-state index in [0.717, 1.165) is 30.8 Å². The summed E-state index contributed by atoms with van der Waals surface area (Å²) in [5.74, 6) is 1.49. The Kier molecular flexibility index (Phi) is 3.27. The van der Waals surface area contributed by atoms with Crippen molar-refractivity contribution >= 4 is 5.78 Å². The molecule has 1 saturated carbocycles. The average Bonchev–Trinajstić information content (AvgIpc) is 2.85. The number of ether oxygens (including phenoxy) is 1. The van der Waals surface area contributed by atoms with E-state index in [1.54, 1.807) is 13.3 Å². The van der Waals surface area contributed by atoms with E-state index in [1.165, 1.54) is 0 Å². The van der Waals surface area contributed by atoms with Crippen LogP contribution in [0.1, 0.15) is 44.2 Å². The highest BCUT2D eigenvalue weighted by molar-refractivity contribution is 5.81. The lowest BCUT2D eigenvalue weighted by atomic mass is 10.0. The minimum Gasteiger partial charge on any atom is -0.493 e. The summed E-state index contributed by atoms with van der Waals surface area (Å²) >= 11 is 0. The van der Waals surface area contributed by atoms with Gasteiger partial charge in [0.15, 0.2) is 5.75 Å². The van der Waals surface area contributed by atoms with Gasteiger partial charge in [-0.3, -0.25) is 9.48 Å². The predicted molar refractivity (Wildman–Crippen MR) is 60.7 cm³/mol. The van der Waals surface area contributed by atoms with Crippen LogP contribution in [-0.2, 0) is 11.3 Å². The summed E-state index contributed by atoms with van der Waals surface area (Å²) in [7, 11) is 1.66. The lowest BCUT2D eigenvalue weighted by molar-refractivity contribution is -0.117. The van der Waals surface area contributed by atoms with Crippen LogP contribution in [0, 0.1) is 0 Å². The normalized spacial score (nSPS) is 20.4. The topological polar surface area (TPSA) is 44.1 Å². The van der Waals surface area contributed by atoms with Gasteiger partial charge in [-0.15, -0.1) is 0 Å². The first kappa shape index (κ1) is 11.2. The second kappa shape index (κ2) is 4.68. The lowest BCUT2D eigenvalue weighted by Crippen LogP contribution is -2.08. The first-order valence-electron chi connectivity index (χ1n) is 5.87. The Hall–Kier alpha value is -1.32. The Morgan fingerprint density at radius 2 is 2.44 bits per heavy atom. The van der Waals surface area contributed by atoms with Gasteiger partial charge in [-0.1, -0.05) is 6.92 Å². The second-order valence-corrected chi connectivity index (χ2v) is 4.30. The number of rotatable bonds is 4. The summed E-state index contributed by atoms with van der Waals surface area (Å²) in [6.45, 7) is 3.02. The molecular formula is C12H18N2O2. The van der Waals surface area contributed by atoms with E-state index in [9.17, 15) is 4.79 Å². The number of ketones is 1. The number of nitrogens with zero attached hydrogens (tertiary/aromatic N) is 2. The van der Waals surface area contributed by atoms with Gasteiger partial charge in [0, 0.05) is 25.3 Å². The molecule has 0 N–H and O–H groups in total. The molecule has 16 heavy (non-hydrogen) atoms. The monoisotopic (exact) mass is 222 g/mol. The molecule has 1 heterocycles. The fraction of sp³-hybridized carbons (Fsp3) is 0.667. The van der Waals surface area contributed by atoms with Gasteiger partial charge in [-0.25, -0.2) is 0 Å². The van der Waals surface area contributed by atoms with Gasteiger partial charge in [-0.2, -0.15) is 5.10 Å². The first-order chi connectivity index (χ1) is 7.76. The van der Waals surface area contributed by atoms with Crippen molar-refractivity contribution in [3.05, 3.63) is 11.9 Å². The summed E-state index contributed by atoms with van der Waals surface area (Å²) in [6.07, 6.45) is 5.08. The zero-order chi connectivity index (χ0) is 11.5. The standard InChI is InChI=1S/C12H18N2O2/c1-3-6-14-12(11(16-2)8-13-14)9-4-5-10(15)7-9/h8-9H,3-7H2,1-2H3. The summed E-state index contributed by atoms with van der Waals surface area (Å²) < 4.78 is 7.31. The van der Waals surface area contributed by atoms with Crippen molar-refractivity contribution in [2.75, 3.05) is 7.11 Å². The van der Waals surface area contributed by atoms with Gasteiger partial charge in [0.05, 0.1) is 19.0 Å². The van der Waals surface area contributed by atoms with E-state index in [-0.39, 0.29) is 0 Å². The number of carbonyl (C=O) groups is 1. The molecular weight excluding hydrogens is 204 g/mol. The van der Waals surface area contributed by atoms with Crippen LogP contribution in [0.4, 0.5) is 0 Å². The zero-order valence-electron chi connectivity index (χ0n) is 9.90. The summed E-state index contributed by atoms with van der Waals surface area (Å²) in [5.41, 5.74) is 1.11. The Labute approximate surface area is 95.6 Å².